The van der Waals surface area contributed by atoms with E-state index < -0.39 is 0 Å². The predicted octanol–water partition coefficient (Wildman–Crippen LogP) is 6.40. The molecule has 0 radical (unpaired) electrons. The maximum atomic E-state index is 12.6. The van der Waals surface area contributed by atoms with Crippen molar-refractivity contribution < 1.29 is 9.21 Å². The van der Waals surface area contributed by atoms with E-state index in [9.17, 15) is 4.79 Å². The molecule has 0 aliphatic heterocycles. The van der Waals surface area contributed by atoms with Gasteiger partial charge in [-0.05, 0) is 6.92 Å². The van der Waals surface area contributed by atoms with Crippen molar-refractivity contribution in [2.75, 3.05) is 0 Å². The minimum Gasteiger partial charge on any atom is -0.440 e. The van der Waals surface area contributed by atoms with Crippen molar-refractivity contribution in [3.8, 4) is 22.6 Å². The number of oxazole rings is 1. The number of hydrogen-bond donors (Lipinski definition) is 1. The molecule has 0 spiro atoms. The van der Waals surface area contributed by atoms with Crippen molar-refractivity contribution in [1.82, 2.24) is 15.3 Å². The number of carbonyl (C=O) groups is 1. The number of rotatable bonds is 8. The van der Waals surface area contributed by atoms with Gasteiger partial charge in [0.05, 0.1) is 16.7 Å². The number of hydrogen-bond acceptors (Lipinski definition) is 5. The molecule has 5 nitrogen and oxygen atoms in total. The molecular weight excluding hydrogens is 418 g/mol. The van der Waals surface area contributed by atoms with Crippen LogP contribution in [0.15, 0.2) is 70.5 Å². The summed E-state index contributed by atoms with van der Waals surface area (Å²) in [6, 6.07) is 19.8. The van der Waals surface area contributed by atoms with Crippen LogP contribution >= 0.6 is 11.3 Å². The lowest BCUT2D eigenvalue weighted by atomic mass is 10.1. The molecule has 1 N–H and O–H groups in total. The van der Waals surface area contributed by atoms with Crippen LogP contribution in [-0.2, 0) is 11.2 Å². The lowest BCUT2D eigenvalue weighted by Gasteiger charge is -2.11. The van der Waals surface area contributed by atoms with Crippen LogP contribution in [0.4, 0.5) is 0 Å². The maximum absolute atomic E-state index is 12.6. The minimum absolute atomic E-state index is 0.0441. The second kappa shape index (κ2) is 9.92. The van der Waals surface area contributed by atoms with E-state index in [-0.39, 0.29) is 11.9 Å². The summed E-state index contributed by atoms with van der Waals surface area (Å²) in [4.78, 5) is 21.9. The normalized spacial score (nSPS) is 12.1. The summed E-state index contributed by atoms with van der Waals surface area (Å²) in [5.41, 5.74) is 3.65. The first-order valence-corrected chi connectivity index (χ1v) is 11.7. The van der Waals surface area contributed by atoms with E-state index in [1.54, 1.807) is 11.3 Å². The molecule has 2 heterocycles. The number of nitrogens with one attached hydrogen (secondary N) is 1. The average Bonchev–Trinajstić information content (AvgIpc) is 3.47. The van der Waals surface area contributed by atoms with Crippen LogP contribution < -0.4 is 5.32 Å². The summed E-state index contributed by atoms with van der Waals surface area (Å²) in [6.45, 7) is 6.20. The summed E-state index contributed by atoms with van der Waals surface area (Å²) in [6.07, 6.45) is 0.730. The van der Waals surface area contributed by atoms with Crippen LogP contribution in [0.5, 0.6) is 0 Å². The summed E-state index contributed by atoms with van der Waals surface area (Å²) >= 11 is 1.64. The van der Waals surface area contributed by atoms with Crippen molar-refractivity contribution in [2.24, 2.45) is 0 Å². The van der Waals surface area contributed by atoms with Crippen LogP contribution in [0, 0.1) is 0 Å². The molecule has 4 rings (SSSR count). The summed E-state index contributed by atoms with van der Waals surface area (Å²) in [5.74, 6) is 1.63. The Morgan fingerprint density at radius 1 is 0.969 bits per heavy atom. The van der Waals surface area contributed by atoms with Gasteiger partial charge in [0.25, 0.3) is 0 Å². The molecule has 4 aromatic rings. The molecular formula is C26H27N3O2S. The first-order chi connectivity index (χ1) is 15.5. The standard InChI is InChI=1S/C26H27N3O2S/c1-17(2)26-28-21(16-32-26)18(3)27-22(30)14-15-23-29-24(19-10-6-4-7-11-19)25(31-23)20-12-8-5-9-13-20/h4-13,16-18H,14-15H2,1-3H3,(H,27,30). The first kappa shape index (κ1) is 22.0. The Balaban J connectivity index is 1.46. The van der Waals surface area contributed by atoms with Gasteiger partial charge in [0.15, 0.2) is 11.7 Å². The van der Waals surface area contributed by atoms with Gasteiger partial charge in [0, 0.05) is 35.3 Å². The molecule has 1 amide bonds. The SMILES string of the molecule is CC(C)c1nc(C(C)NC(=O)CCc2nc(-c3ccccc3)c(-c3ccccc3)o2)cs1. The molecule has 32 heavy (non-hydrogen) atoms. The average molecular weight is 446 g/mol. The van der Waals surface area contributed by atoms with Gasteiger partial charge in [-0.2, -0.15) is 0 Å². The van der Waals surface area contributed by atoms with E-state index >= 15 is 0 Å². The highest BCUT2D eigenvalue weighted by atomic mass is 32.1. The smallest absolute Gasteiger partial charge is 0.221 e. The highest BCUT2D eigenvalue weighted by Gasteiger charge is 2.19. The Kier molecular flexibility index (Phi) is 6.81. The van der Waals surface area contributed by atoms with Gasteiger partial charge < -0.3 is 9.73 Å². The summed E-state index contributed by atoms with van der Waals surface area (Å²) in [5, 5.41) is 6.15. The maximum Gasteiger partial charge on any atom is 0.221 e. The van der Waals surface area contributed by atoms with Crippen molar-refractivity contribution in [1.29, 1.82) is 0 Å². The molecule has 6 heteroatoms. The van der Waals surface area contributed by atoms with E-state index in [4.69, 9.17) is 9.40 Å². The van der Waals surface area contributed by atoms with Gasteiger partial charge in [-0.3, -0.25) is 4.79 Å². The lowest BCUT2D eigenvalue weighted by Crippen LogP contribution is -2.27. The fraction of sp³-hybridized carbons (Fsp3) is 0.269. The van der Waals surface area contributed by atoms with E-state index in [2.05, 4.69) is 24.1 Å². The second-order valence-electron chi connectivity index (χ2n) is 8.07. The van der Waals surface area contributed by atoms with Crippen LogP contribution in [0.1, 0.15) is 55.7 Å². The molecule has 1 unspecified atom stereocenters. The van der Waals surface area contributed by atoms with Gasteiger partial charge in [-0.1, -0.05) is 74.5 Å². The van der Waals surface area contributed by atoms with E-state index in [0.29, 0.717) is 24.7 Å². The number of amides is 1. The van der Waals surface area contributed by atoms with Gasteiger partial charge in [-0.15, -0.1) is 11.3 Å². The monoisotopic (exact) mass is 445 g/mol. The Bertz CT molecular complexity index is 1110. The molecule has 0 aliphatic rings. The third-order valence-electron chi connectivity index (χ3n) is 5.18. The zero-order chi connectivity index (χ0) is 22.5. The summed E-state index contributed by atoms with van der Waals surface area (Å²) in [7, 11) is 0. The van der Waals surface area contributed by atoms with Crippen molar-refractivity contribution in [3.63, 3.8) is 0 Å². The quantitative estimate of drug-likeness (QED) is 0.341. The third-order valence-corrected chi connectivity index (χ3v) is 6.34. The lowest BCUT2D eigenvalue weighted by molar-refractivity contribution is -0.121. The molecule has 1 atom stereocenters. The highest BCUT2D eigenvalue weighted by molar-refractivity contribution is 7.09. The van der Waals surface area contributed by atoms with Crippen LogP contribution in [-0.4, -0.2) is 15.9 Å². The Morgan fingerprint density at radius 3 is 2.25 bits per heavy atom. The molecule has 0 aliphatic carbocycles. The first-order valence-electron chi connectivity index (χ1n) is 10.9. The molecule has 164 valence electrons. The van der Waals surface area contributed by atoms with Crippen molar-refractivity contribution in [2.45, 2.75) is 45.6 Å². The van der Waals surface area contributed by atoms with Gasteiger partial charge in [-0.25, -0.2) is 9.97 Å². The number of aromatic nitrogens is 2. The predicted molar refractivity (Wildman–Crippen MR) is 128 cm³/mol. The number of benzene rings is 2. The third kappa shape index (κ3) is 5.14. The van der Waals surface area contributed by atoms with Gasteiger partial charge in [0.1, 0.15) is 5.69 Å². The van der Waals surface area contributed by atoms with Gasteiger partial charge >= 0.3 is 0 Å². The number of aryl methyl sites for hydroxylation is 1. The number of carbonyl (C=O) groups excluding carboxylic acids is 1. The Labute approximate surface area is 192 Å². The topological polar surface area (TPSA) is 68.0 Å². The van der Waals surface area contributed by atoms with E-state index in [1.807, 2.05) is 73.0 Å². The molecule has 2 aromatic carbocycles. The Hall–Kier alpha value is -3.25. The fourth-order valence-corrected chi connectivity index (χ4v) is 4.35. The highest BCUT2D eigenvalue weighted by Crippen LogP contribution is 2.33. The zero-order valence-electron chi connectivity index (χ0n) is 18.5. The number of thiazole rings is 1. The largest absolute Gasteiger partial charge is 0.440 e. The van der Waals surface area contributed by atoms with Crippen molar-refractivity contribution in [3.05, 3.63) is 82.6 Å². The number of nitrogens with zero attached hydrogens (tertiary/aromatic N) is 2. The van der Waals surface area contributed by atoms with E-state index in [0.717, 1.165) is 33.3 Å². The van der Waals surface area contributed by atoms with Crippen molar-refractivity contribution >= 4 is 17.2 Å². The molecule has 2 aromatic heterocycles. The minimum atomic E-state index is -0.129. The van der Waals surface area contributed by atoms with Gasteiger partial charge in [0.2, 0.25) is 5.91 Å². The molecule has 0 bridgehead atoms. The summed E-state index contributed by atoms with van der Waals surface area (Å²) < 4.78 is 6.12. The molecule has 0 saturated carbocycles. The molecule has 0 fully saturated rings. The van der Waals surface area contributed by atoms with E-state index in [1.165, 1.54) is 0 Å². The van der Waals surface area contributed by atoms with Crippen LogP contribution in [0.2, 0.25) is 0 Å². The zero-order valence-corrected chi connectivity index (χ0v) is 19.4. The fourth-order valence-electron chi connectivity index (χ4n) is 3.42. The molecule has 0 saturated heterocycles. The Morgan fingerprint density at radius 2 is 1.62 bits per heavy atom. The second-order valence-corrected chi connectivity index (χ2v) is 8.96. The van der Waals surface area contributed by atoms with Crippen LogP contribution in [0.3, 0.4) is 0 Å². The van der Waals surface area contributed by atoms with Crippen LogP contribution in [0.25, 0.3) is 22.6 Å².